The monoisotopic (exact) mass is 246 g/mol. The van der Waals surface area contributed by atoms with Crippen molar-refractivity contribution in [3.8, 4) is 5.75 Å². The fourth-order valence-corrected chi connectivity index (χ4v) is 1.48. The first-order valence-electron chi connectivity index (χ1n) is 5.32. The van der Waals surface area contributed by atoms with Crippen molar-refractivity contribution < 1.29 is 14.3 Å². The lowest BCUT2D eigenvalue weighted by atomic mass is 10.1. The zero-order valence-corrected chi connectivity index (χ0v) is 9.43. The topological polar surface area (TPSA) is 62.2 Å². The average Bonchev–Trinajstić information content (AvgIpc) is 2.37. The number of benzene rings is 1. The smallest absolute Gasteiger partial charge is 0.255 e. The number of rotatable bonds is 3. The molecular weight excluding hydrogens is 235 g/mol. The van der Waals surface area contributed by atoms with Crippen LogP contribution in [0.2, 0.25) is 0 Å². The van der Waals surface area contributed by atoms with Gasteiger partial charge in [0, 0.05) is 25.0 Å². The summed E-state index contributed by atoms with van der Waals surface area (Å²) in [5.74, 6) is -1.41. The van der Waals surface area contributed by atoms with E-state index in [1.165, 1.54) is 6.07 Å². The third-order valence-electron chi connectivity index (χ3n) is 2.41. The standard InChI is InChI=1S/C13H11FN2O2/c14-10-1-2-11(12(17)7-10)13(18)16-8-9-3-5-15-6-4-9/h1-7,17H,8H2,(H,16,18). The highest BCUT2D eigenvalue weighted by atomic mass is 19.1. The first-order valence-corrected chi connectivity index (χ1v) is 5.32. The van der Waals surface area contributed by atoms with E-state index in [0.717, 1.165) is 17.7 Å². The molecule has 5 heteroatoms. The molecule has 0 atom stereocenters. The molecule has 2 aromatic rings. The molecule has 0 fully saturated rings. The summed E-state index contributed by atoms with van der Waals surface area (Å²) in [5.41, 5.74) is 0.936. The van der Waals surface area contributed by atoms with Crippen LogP contribution in [0.5, 0.6) is 5.75 Å². The van der Waals surface area contributed by atoms with Gasteiger partial charge in [0.25, 0.3) is 5.91 Å². The summed E-state index contributed by atoms with van der Waals surface area (Å²) in [6.45, 7) is 0.318. The third kappa shape index (κ3) is 2.82. The number of hydrogen-bond acceptors (Lipinski definition) is 3. The second-order valence-electron chi connectivity index (χ2n) is 3.70. The van der Waals surface area contributed by atoms with Crippen LogP contribution in [0.1, 0.15) is 15.9 Å². The Hall–Kier alpha value is -2.43. The van der Waals surface area contributed by atoms with Gasteiger partial charge in [0.05, 0.1) is 5.56 Å². The lowest BCUT2D eigenvalue weighted by Crippen LogP contribution is -2.22. The molecule has 0 aliphatic carbocycles. The van der Waals surface area contributed by atoms with Gasteiger partial charge in [0.1, 0.15) is 11.6 Å². The molecule has 92 valence electrons. The van der Waals surface area contributed by atoms with Crippen LogP contribution in [0, 0.1) is 5.82 Å². The molecule has 0 aliphatic heterocycles. The molecule has 0 radical (unpaired) electrons. The van der Waals surface area contributed by atoms with E-state index in [1.807, 2.05) is 0 Å². The summed E-state index contributed by atoms with van der Waals surface area (Å²) in [6.07, 6.45) is 3.24. The minimum absolute atomic E-state index is 0.0467. The van der Waals surface area contributed by atoms with Crippen molar-refractivity contribution >= 4 is 5.91 Å². The van der Waals surface area contributed by atoms with Crippen LogP contribution in [0.4, 0.5) is 4.39 Å². The van der Waals surface area contributed by atoms with E-state index in [4.69, 9.17) is 0 Å². The summed E-state index contributed by atoms with van der Waals surface area (Å²) < 4.78 is 12.8. The number of aromatic hydroxyl groups is 1. The van der Waals surface area contributed by atoms with Crippen LogP contribution in [0.15, 0.2) is 42.7 Å². The Kier molecular flexibility index (Phi) is 3.52. The van der Waals surface area contributed by atoms with Crippen molar-refractivity contribution in [3.63, 3.8) is 0 Å². The quantitative estimate of drug-likeness (QED) is 0.868. The zero-order valence-electron chi connectivity index (χ0n) is 9.43. The van der Waals surface area contributed by atoms with E-state index in [2.05, 4.69) is 10.3 Å². The van der Waals surface area contributed by atoms with E-state index in [0.29, 0.717) is 6.54 Å². The van der Waals surface area contributed by atoms with Crippen molar-refractivity contribution in [2.45, 2.75) is 6.54 Å². The Morgan fingerprint density at radius 1 is 1.28 bits per heavy atom. The number of carbonyl (C=O) groups excluding carboxylic acids is 1. The maximum atomic E-state index is 12.8. The van der Waals surface area contributed by atoms with Crippen molar-refractivity contribution in [2.24, 2.45) is 0 Å². The SMILES string of the molecule is O=C(NCc1ccncc1)c1ccc(F)cc1O. The number of pyridine rings is 1. The highest BCUT2D eigenvalue weighted by molar-refractivity contribution is 5.96. The van der Waals surface area contributed by atoms with E-state index in [9.17, 15) is 14.3 Å². The molecule has 0 aliphatic rings. The van der Waals surface area contributed by atoms with Gasteiger partial charge >= 0.3 is 0 Å². The van der Waals surface area contributed by atoms with E-state index >= 15 is 0 Å². The van der Waals surface area contributed by atoms with Crippen LogP contribution >= 0.6 is 0 Å². The lowest BCUT2D eigenvalue weighted by molar-refractivity contribution is 0.0948. The number of amides is 1. The van der Waals surface area contributed by atoms with Gasteiger partial charge in [-0.15, -0.1) is 0 Å². The van der Waals surface area contributed by atoms with Crippen LogP contribution < -0.4 is 5.32 Å². The van der Waals surface area contributed by atoms with Crippen LogP contribution in [0.3, 0.4) is 0 Å². The highest BCUT2D eigenvalue weighted by Crippen LogP contribution is 2.17. The number of nitrogens with one attached hydrogen (secondary N) is 1. The molecular formula is C13H11FN2O2. The van der Waals surface area contributed by atoms with Gasteiger partial charge in [-0.25, -0.2) is 4.39 Å². The molecule has 0 spiro atoms. The lowest BCUT2D eigenvalue weighted by Gasteiger charge is -2.06. The number of phenolic OH excluding ortho intramolecular Hbond substituents is 1. The minimum atomic E-state index is -0.585. The molecule has 0 saturated heterocycles. The maximum Gasteiger partial charge on any atom is 0.255 e. The molecule has 18 heavy (non-hydrogen) atoms. The second-order valence-corrected chi connectivity index (χ2v) is 3.70. The predicted molar refractivity (Wildman–Crippen MR) is 63.5 cm³/mol. The molecule has 0 bridgehead atoms. The fraction of sp³-hybridized carbons (Fsp3) is 0.0769. The Bertz CT molecular complexity index is 558. The molecule has 0 unspecified atom stereocenters. The third-order valence-corrected chi connectivity index (χ3v) is 2.41. The summed E-state index contributed by atoms with van der Waals surface area (Å²) in [6, 6.07) is 6.81. The van der Waals surface area contributed by atoms with Crippen molar-refractivity contribution in [1.29, 1.82) is 0 Å². The van der Waals surface area contributed by atoms with E-state index in [1.54, 1.807) is 24.5 Å². The number of phenols is 1. The van der Waals surface area contributed by atoms with E-state index in [-0.39, 0.29) is 11.3 Å². The first-order chi connectivity index (χ1) is 8.66. The number of carbonyl (C=O) groups is 1. The molecule has 2 N–H and O–H groups in total. The van der Waals surface area contributed by atoms with Gasteiger partial charge in [0.2, 0.25) is 0 Å². The largest absolute Gasteiger partial charge is 0.507 e. The Morgan fingerprint density at radius 2 is 2.00 bits per heavy atom. The minimum Gasteiger partial charge on any atom is -0.507 e. The van der Waals surface area contributed by atoms with Gasteiger partial charge in [-0.3, -0.25) is 9.78 Å². The van der Waals surface area contributed by atoms with Crippen molar-refractivity contribution in [1.82, 2.24) is 10.3 Å². The Balaban J connectivity index is 2.04. The van der Waals surface area contributed by atoms with Crippen molar-refractivity contribution in [2.75, 3.05) is 0 Å². The molecule has 0 saturated carbocycles. The molecule has 2 rings (SSSR count). The second kappa shape index (κ2) is 5.27. The van der Waals surface area contributed by atoms with Crippen LogP contribution in [-0.2, 0) is 6.54 Å². The van der Waals surface area contributed by atoms with Crippen molar-refractivity contribution in [3.05, 3.63) is 59.7 Å². The van der Waals surface area contributed by atoms with Gasteiger partial charge in [0.15, 0.2) is 0 Å². The molecule has 4 nitrogen and oxygen atoms in total. The number of nitrogens with zero attached hydrogens (tertiary/aromatic N) is 1. The van der Waals surface area contributed by atoms with Gasteiger partial charge in [-0.2, -0.15) is 0 Å². The van der Waals surface area contributed by atoms with Crippen LogP contribution in [-0.4, -0.2) is 16.0 Å². The average molecular weight is 246 g/mol. The maximum absolute atomic E-state index is 12.8. The molecule has 1 heterocycles. The fourth-order valence-electron chi connectivity index (χ4n) is 1.48. The Labute approximate surface area is 103 Å². The predicted octanol–water partition coefficient (Wildman–Crippen LogP) is 1.86. The molecule has 1 aromatic carbocycles. The summed E-state index contributed by atoms with van der Waals surface area (Å²) in [7, 11) is 0. The zero-order chi connectivity index (χ0) is 13.0. The summed E-state index contributed by atoms with van der Waals surface area (Å²) in [4.78, 5) is 15.6. The molecule has 1 aromatic heterocycles. The Morgan fingerprint density at radius 3 is 2.67 bits per heavy atom. The highest BCUT2D eigenvalue weighted by Gasteiger charge is 2.11. The summed E-state index contributed by atoms with van der Waals surface area (Å²) >= 11 is 0. The van der Waals surface area contributed by atoms with Gasteiger partial charge in [-0.1, -0.05) is 0 Å². The first kappa shape index (κ1) is 12.0. The normalized spacial score (nSPS) is 10.1. The molecule has 1 amide bonds. The van der Waals surface area contributed by atoms with Gasteiger partial charge < -0.3 is 10.4 Å². The summed E-state index contributed by atoms with van der Waals surface area (Å²) in [5, 5.41) is 12.1. The number of halogens is 1. The van der Waals surface area contributed by atoms with Crippen LogP contribution in [0.25, 0.3) is 0 Å². The number of hydrogen-bond donors (Lipinski definition) is 2. The van der Waals surface area contributed by atoms with E-state index < -0.39 is 11.7 Å². The number of aromatic nitrogens is 1. The van der Waals surface area contributed by atoms with Gasteiger partial charge in [-0.05, 0) is 29.8 Å².